The molecule has 2 N–H and O–H groups in total. The molecule has 0 radical (unpaired) electrons. The van der Waals surface area contributed by atoms with E-state index in [0.29, 0.717) is 32.1 Å². The van der Waals surface area contributed by atoms with Crippen molar-refractivity contribution in [3.05, 3.63) is 57.0 Å². The maximum Gasteiger partial charge on any atom is 0.261 e. The summed E-state index contributed by atoms with van der Waals surface area (Å²) in [5.41, 5.74) is 0.814. The number of amides is 1. The lowest BCUT2D eigenvalue weighted by Crippen LogP contribution is -2.34. The molecule has 0 aliphatic heterocycles. The van der Waals surface area contributed by atoms with E-state index in [1.165, 1.54) is 12.1 Å². The van der Waals surface area contributed by atoms with Gasteiger partial charge in [-0.15, -0.1) is 0 Å². The Morgan fingerprint density at radius 2 is 1.72 bits per heavy atom. The van der Waals surface area contributed by atoms with E-state index in [1.807, 2.05) is 13.8 Å². The molecule has 8 heteroatoms. The number of benzene rings is 2. The molecule has 132 valence electrons. The number of carbonyl (C=O) groups is 1. The van der Waals surface area contributed by atoms with Crippen LogP contribution in [0.5, 0.6) is 5.75 Å². The number of para-hydroxylation sites is 1. The Morgan fingerprint density at radius 3 is 2.40 bits per heavy atom. The first kappa shape index (κ1) is 19.8. The Bertz CT molecular complexity index is 812. The van der Waals surface area contributed by atoms with Crippen LogP contribution in [-0.4, -0.2) is 17.1 Å². The van der Waals surface area contributed by atoms with Crippen LogP contribution >= 0.6 is 47.0 Å². The Morgan fingerprint density at radius 1 is 1.08 bits per heavy atom. The molecule has 0 bridgehead atoms. The Labute approximate surface area is 166 Å². The summed E-state index contributed by atoms with van der Waals surface area (Å²) in [7, 11) is 0. The topological polar surface area (TPSA) is 50.4 Å². The van der Waals surface area contributed by atoms with Crippen LogP contribution in [0.15, 0.2) is 36.4 Å². The molecule has 0 saturated carbocycles. The van der Waals surface area contributed by atoms with Crippen LogP contribution < -0.4 is 15.4 Å². The van der Waals surface area contributed by atoms with Crippen LogP contribution in [0.1, 0.15) is 24.2 Å². The zero-order valence-electron chi connectivity index (χ0n) is 13.4. The quantitative estimate of drug-likeness (QED) is 0.505. The maximum absolute atomic E-state index is 12.5. The average Bonchev–Trinajstić information content (AvgIpc) is 2.52. The molecule has 0 saturated heterocycles. The number of rotatable bonds is 4. The van der Waals surface area contributed by atoms with E-state index in [-0.39, 0.29) is 11.2 Å². The molecule has 0 heterocycles. The molecular formula is C17H15Cl3N2O2S. The second kappa shape index (κ2) is 8.72. The van der Waals surface area contributed by atoms with Gasteiger partial charge in [0.25, 0.3) is 5.91 Å². The van der Waals surface area contributed by atoms with Gasteiger partial charge >= 0.3 is 0 Å². The fraction of sp³-hybridized carbons (Fsp3) is 0.176. The Kier molecular flexibility index (Phi) is 6.90. The van der Waals surface area contributed by atoms with Gasteiger partial charge in [-0.1, -0.05) is 46.9 Å². The Hall–Kier alpha value is -1.53. The molecule has 0 unspecified atom stereocenters. The van der Waals surface area contributed by atoms with E-state index in [2.05, 4.69) is 10.6 Å². The van der Waals surface area contributed by atoms with Crippen molar-refractivity contribution in [3.8, 4) is 5.75 Å². The summed E-state index contributed by atoms with van der Waals surface area (Å²) >= 11 is 23.1. The molecule has 1 amide bonds. The lowest BCUT2D eigenvalue weighted by molar-refractivity contribution is 0.0972. The standard InChI is InChI=1S/C17H15Cl3N2O2S/c1-9(2)24-15-6-4-3-5-10(15)16(23)22-17(25)21-14-8-12(19)11(18)7-13(14)20/h3-9H,1-2H3,(H2,21,22,23,25). The van der Waals surface area contributed by atoms with E-state index in [9.17, 15) is 4.79 Å². The number of ether oxygens (including phenoxy) is 1. The molecule has 0 spiro atoms. The van der Waals surface area contributed by atoms with Crippen LogP contribution in [-0.2, 0) is 0 Å². The number of carbonyl (C=O) groups excluding carboxylic acids is 1. The van der Waals surface area contributed by atoms with E-state index in [1.54, 1.807) is 24.3 Å². The van der Waals surface area contributed by atoms with Gasteiger partial charge in [-0.2, -0.15) is 0 Å². The monoisotopic (exact) mass is 416 g/mol. The minimum atomic E-state index is -0.398. The predicted molar refractivity (Wildman–Crippen MR) is 107 cm³/mol. The maximum atomic E-state index is 12.5. The fourth-order valence-electron chi connectivity index (χ4n) is 1.95. The van der Waals surface area contributed by atoms with Gasteiger partial charge in [0, 0.05) is 0 Å². The van der Waals surface area contributed by atoms with Gasteiger partial charge in [0.05, 0.1) is 32.4 Å². The third-order valence-corrected chi connectivity index (χ3v) is 4.22. The fourth-order valence-corrected chi connectivity index (χ4v) is 2.75. The number of nitrogens with one attached hydrogen (secondary N) is 2. The van der Waals surface area contributed by atoms with Crippen molar-refractivity contribution < 1.29 is 9.53 Å². The highest BCUT2D eigenvalue weighted by Crippen LogP contribution is 2.32. The molecule has 2 aromatic carbocycles. The van der Waals surface area contributed by atoms with E-state index < -0.39 is 5.91 Å². The molecule has 25 heavy (non-hydrogen) atoms. The first-order valence-corrected chi connectivity index (χ1v) is 8.84. The normalized spacial score (nSPS) is 10.5. The number of hydrogen-bond acceptors (Lipinski definition) is 3. The van der Waals surface area contributed by atoms with Crippen LogP contribution in [0.3, 0.4) is 0 Å². The summed E-state index contributed by atoms with van der Waals surface area (Å²) in [5.74, 6) is 0.0790. The SMILES string of the molecule is CC(C)Oc1ccccc1C(=O)NC(=S)Nc1cc(Cl)c(Cl)cc1Cl. The summed E-state index contributed by atoms with van der Waals surface area (Å²) in [5, 5.41) is 6.45. The number of thiocarbonyl (C=S) groups is 1. The highest BCUT2D eigenvalue weighted by molar-refractivity contribution is 7.80. The van der Waals surface area contributed by atoms with Gasteiger partial charge in [-0.05, 0) is 50.3 Å². The molecule has 0 atom stereocenters. The third-order valence-electron chi connectivity index (χ3n) is 2.98. The summed E-state index contributed by atoms with van der Waals surface area (Å²) in [6.07, 6.45) is -0.0611. The zero-order valence-corrected chi connectivity index (χ0v) is 16.5. The average molecular weight is 418 g/mol. The van der Waals surface area contributed by atoms with E-state index in [4.69, 9.17) is 51.8 Å². The van der Waals surface area contributed by atoms with Gasteiger partial charge in [-0.3, -0.25) is 10.1 Å². The van der Waals surface area contributed by atoms with Crippen molar-refractivity contribution >= 4 is 63.7 Å². The van der Waals surface area contributed by atoms with Crippen molar-refractivity contribution in [1.29, 1.82) is 0 Å². The van der Waals surface area contributed by atoms with Crippen molar-refractivity contribution in [2.75, 3.05) is 5.32 Å². The second-order valence-corrected chi connectivity index (χ2v) is 6.95. The Balaban J connectivity index is 2.11. The minimum Gasteiger partial charge on any atom is -0.490 e. The molecule has 4 nitrogen and oxygen atoms in total. The van der Waals surface area contributed by atoms with E-state index >= 15 is 0 Å². The van der Waals surface area contributed by atoms with Crippen molar-refractivity contribution in [2.45, 2.75) is 20.0 Å². The van der Waals surface area contributed by atoms with Gasteiger partial charge < -0.3 is 10.1 Å². The van der Waals surface area contributed by atoms with Gasteiger partial charge in [0.1, 0.15) is 5.75 Å². The van der Waals surface area contributed by atoms with Crippen molar-refractivity contribution in [3.63, 3.8) is 0 Å². The number of anilines is 1. The zero-order chi connectivity index (χ0) is 18.6. The number of halogens is 3. The molecule has 2 aromatic rings. The van der Waals surface area contributed by atoms with Crippen LogP contribution in [0.4, 0.5) is 5.69 Å². The molecule has 0 aliphatic carbocycles. The molecule has 0 aromatic heterocycles. The summed E-state index contributed by atoms with van der Waals surface area (Å²) in [6, 6.07) is 9.93. The number of hydrogen-bond donors (Lipinski definition) is 2. The van der Waals surface area contributed by atoms with Crippen molar-refractivity contribution in [2.24, 2.45) is 0 Å². The first-order valence-electron chi connectivity index (χ1n) is 7.30. The minimum absolute atomic E-state index is 0.0611. The third kappa shape index (κ3) is 5.47. The van der Waals surface area contributed by atoms with E-state index in [0.717, 1.165) is 0 Å². The lowest BCUT2D eigenvalue weighted by atomic mass is 10.2. The largest absolute Gasteiger partial charge is 0.490 e. The highest BCUT2D eigenvalue weighted by Gasteiger charge is 2.15. The molecule has 0 fully saturated rings. The van der Waals surface area contributed by atoms with Crippen molar-refractivity contribution in [1.82, 2.24) is 5.32 Å². The summed E-state index contributed by atoms with van der Waals surface area (Å²) < 4.78 is 5.64. The summed E-state index contributed by atoms with van der Waals surface area (Å²) in [4.78, 5) is 12.5. The van der Waals surface area contributed by atoms with Crippen LogP contribution in [0, 0.1) is 0 Å². The van der Waals surface area contributed by atoms with Gasteiger partial charge in [0.15, 0.2) is 5.11 Å². The smallest absolute Gasteiger partial charge is 0.261 e. The molecular weight excluding hydrogens is 403 g/mol. The van der Waals surface area contributed by atoms with Gasteiger partial charge in [-0.25, -0.2) is 0 Å². The highest BCUT2D eigenvalue weighted by atomic mass is 35.5. The van der Waals surface area contributed by atoms with Crippen LogP contribution in [0.2, 0.25) is 15.1 Å². The predicted octanol–water partition coefficient (Wildman–Crippen LogP) is 5.56. The summed E-state index contributed by atoms with van der Waals surface area (Å²) in [6.45, 7) is 3.76. The van der Waals surface area contributed by atoms with Crippen LogP contribution in [0.25, 0.3) is 0 Å². The second-order valence-electron chi connectivity index (χ2n) is 5.32. The van der Waals surface area contributed by atoms with Gasteiger partial charge in [0.2, 0.25) is 0 Å². The first-order chi connectivity index (χ1) is 11.8. The lowest BCUT2D eigenvalue weighted by Gasteiger charge is -2.15. The molecule has 2 rings (SSSR count). The molecule has 0 aliphatic rings.